The first-order valence-electron chi connectivity index (χ1n) is 7.37. The van der Waals surface area contributed by atoms with Gasteiger partial charge < -0.3 is 14.4 Å². The van der Waals surface area contributed by atoms with E-state index in [1.165, 1.54) is 0 Å². The minimum absolute atomic E-state index is 0.0231. The molecule has 4 nitrogen and oxygen atoms in total. The van der Waals surface area contributed by atoms with Crippen molar-refractivity contribution in [1.29, 1.82) is 0 Å². The Morgan fingerprint density at radius 1 is 1.12 bits per heavy atom. The summed E-state index contributed by atoms with van der Waals surface area (Å²) in [7, 11) is 5.02. The van der Waals surface area contributed by atoms with Crippen molar-refractivity contribution >= 4 is 40.1 Å². The summed E-state index contributed by atoms with van der Waals surface area (Å²) in [6, 6.07) is 11.1. The fourth-order valence-corrected chi connectivity index (χ4v) is 2.92. The molecule has 6 heteroatoms. The SMILES string of the molecule is COc1ccc(CCN(C)C(=O)c2ccc(Cl)c(I)c2)cc1OC. The van der Waals surface area contributed by atoms with Crippen LogP contribution in [-0.4, -0.2) is 38.6 Å². The molecule has 0 heterocycles. The number of halogens is 2. The molecule has 0 unspecified atom stereocenters. The minimum Gasteiger partial charge on any atom is -0.493 e. The van der Waals surface area contributed by atoms with E-state index in [9.17, 15) is 4.79 Å². The van der Waals surface area contributed by atoms with Gasteiger partial charge in [0.1, 0.15) is 0 Å². The van der Waals surface area contributed by atoms with Gasteiger partial charge in [0.2, 0.25) is 0 Å². The lowest BCUT2D eigenvalue weighted by Crippen LogP contribution is -2.28. The van der Waals surface area contributed by atoms with Crippen molar-refractivity contribution in [3.05, 3.63) is 56.1 Å². The Morgan fingerprint density at radius 2 is 1.83 bits per heavy atom. The zero-order valence-corrected chi connectivity index (χ0v) is 16.7. The van der Waals surface area contributed by atoms with Gasteiger partial charge in [-0.1, -0.05) is 17.7 Å². The molecular formula is C18H19ClINO3. The molecule has 2 aromatic carbocycles. The summed E-state index contributed by atoms with van der Waals surface area (Å²) in [5.74, 6) is 1.36. The Bertz CT molecular complexity index is 736. The largest absolute Gasteiger partial charge is 0.493 e. The monoisotopic (exact) mass is 459 g/mol. The highest BCUT2D eigenvalue weighted by Crippen LogP contribution is 2.27. The molecule has 0 radical (unpaired) electrons. The molecule has 0 aliphatic rings. The third-order valence-corrected chi connectivity index (χ3v) is 5.24. The first-order chi connectivity index (χ1) is 11.5. The third kappa shape index (κ3) is 4.54. The van der Waals surface area contributed by atoms with Gasteiger partial charge in [0.05, 0.1) is 19.2 Å². The molecule has 0 fully saturated rings. The number of carbonyl (C=O) groups excluding carboxylic acids is 1. The molecule has 0 aliphatic carbocycles. The minimum atomic E-state index is -0.0231. The van der Waals surface area contributed by atoms with Crippen LogP contribution >= 0.6 is 34.2 Å². The molecule has 0 bridgehead atoms. The predicted molar refractivity (Wildman–Crippen MR) is 104 cm³/mol. The molecule has 24 heavy (non-hydrogen) atoms. The van der Waals surface area contributed by atoms with Crippen molar-refractivity contribution in [3.8, 4) is 11.5 Å². The van der Waals surface area contributed by atoms with Crippen LogP contribution in [0, 0.1) is 3.57 Å². The van der Waals surface area contributed by atoms with Crippen LogP contribution in [-0.2, 0) is 6.42 Å². The van der Waals surface area contributed by atoms with Gasteiger partial charge in [0, 0.05) is 22.7 Å². The van der Waals surface area contributed by atoms with E-state index in [1.54, 1.807) is 44.4 Å². The molecule has 2 rings (SSSR count). The van der Waals surface area contributed by atoms with Gasteiger partial charge in [-0.25, -0.2) is 0 Å². The predicted octanol–water partition coefficient (Wildman–Crippen LogP) is 4.28. The summed E-state index contributed by atoms with van der Waals surface area (Å²) >= 11 is 8.13. The van der Waals surface area contributed by atoms with E-state index in [1.807, 2.05) is 18.2 Å². The van der Waals surface area contributed by atoms with Gasteiger partial charge in [-0.05, 0) is 64.9 Å². The Balaban J connectivity index is 2.03. The van der Waals surface area contributed by atoms with Crippen LogP contribution < -0.4 is 9.47 Å². The molecule has 128 valence electrons. The Labute approximate surface area is 160 Å². The van der Waals surface area contributed by atoms with Crippen molar-refractivity contribution in [2.75, 3.05) is 27.8 Å². The summed E-state index contributed by atoms with van der Waals surface area (Å²) in [5, 5.41) is 0.653. The number of rotatable bonds is 6. The van der Waals surface area contributed by atoms with E-state index >= 15 is 0 Å². The maximum Gasteiger partial charge on any atom is 0.253 e. The first kappa shape index (κ1) is 18.9. The molecule has 0 aromatic heterocycles. The number of carbonyl (C=O) groups is 1. The van der Waals surface area contributed by atoms with Crippen LogP contribution in [0.4, 0.5) is 0 Å². The second-order valence-corrected chi connectivity index (χ2v) is 6.86. The highest BCUT2D eigenvalue weighted by molar-refractivity contribution is 14.1. The number of benzene rings is 2. The summed E-state index contributed by atoms with van der Waals surface area (Å²) in [6.45, 7) is 0.605. The highest BCUT2D eigenvalue weighted by atomic mass is 127. The van der Waals surface area contributed by atoms with Crippen molar-refractivity contribution in [3.63, 3.8) is 0 Å². The third-order valence-electron chi connectivity index (χ3n) is 3.70. The standard InChI is InChI=1S/C18H19ClINO3/c1-21(18(22)13-5-6-14(19)15(20)11-13)9-8-12-4-7-16(23-2)17(10-12)24-3/h4-7,10-11H,8-9H2,1-3H3. The second-order valence-electron chi connectivity index (χ2n) is 5.29. The lowest BCUT2D eigenvalue weighted by atomic mass is 10.1. The van der Waals surface area contributed by atoms with Crippen molar-refractivity contribution in [2.45, 2.75) is 6.42 Å². The Morgan fingerprint density at radius 3 is 2.46 bits per heavy atom. The van der Waals surface area contributed by atoms with E-state index in [0.29, 0.717) is 28.6 Å². The van der Waals surface area contributed by atoms with Crippen LogP contribution in [0.15, 0.2) is 36.4 Å². The van der Waals surface area contributed by atoms with Crippen LogP contribution in [0.1, 0.15) is 15.9 Å². The van der Waals surface area contributed by atoms with E-state index in [4.69, 9.17) is 21.1 Å². The topological polar surface area (TPSA) is 38.8 Å². The van der Waals surface area contributed by atoms with Gasteiger partial charge in [0.15, 0.2) is 11.5 Å². The average molecular weight is 460 g/mol. The number of hydrogen-bond donors (Lipinski definition) is 0. The fraction of sp³-hybridized carbons (Fsp3) is 0.278. The normalized spacial score (nSPS) is 10.4. The quantitative estimate of drug-likeness (QED) is 0.606. The van der Waals surface area contributed by atoms with Gasteiger partial charge in [-0.3, -0.25) is 4.79 Å². The molecule has 0 saturated heterocycles. The molecular weight excluding hydrogens is 441 g/mol. The highest BCUT2D eigenvalue weighted by Gasteiger charge is 2.13. The maximum absolute atomic E-state index is 12.5. The molecule has 2 aromatic rings. The van der Waals surface area contributed by atoms with E-state index in [2.05, 4.69) is 22.6 Å². The second kappa shape index (κ2) is 8.58. The average Bonchev–Trinajstić information content (AvgIpc) is 2.60. The summed E-state index contributed by atoms with van der Waals surface area (Å²) < 4.78 is 11.4. The lowest BCUT2D eigenvalue weighted by Gasteiger charge is -2.18. The summed E-state index contributed by atoms with van der Waals surface area (Å²) in [5.41, 5.74) is 1.72. The van der Waals surface area contributed by atoms with Crippen LogP contribution in [0.3, 0.4) is 0 Å². The van der Waals surface area contributed by atoms with Crippen molar-refractivity contribution in [1.82, 2.24) is 4.90 Å². The molecule has 0 atom stereocenters. The smallest absolute Gasteiger partial charge is 0.253 e. The molecule has 0 N–H and O–H groups in total. The first-order valence-corrected chi connectivity index (χ1v) is 8.83. The Hall–Kier alpha value is -1.47. The lowest BCUT2D eigenvalue weighted by molar-refractivity contribution is 0.0796. The van der Waals surface area contributed by atoms with E-state index in [-0.39, 0.29) is 5.91 Å². The Kier molecular flexibility index (Phi) is 6.74. The fourth-order valence-electron chi connectivity index (χ4n) is 2.28. The van der Waals surface area contributed by atoms with Gasteiger partial charge in [-0.2, -0.15) is 0 Å². The van der Waals surface area contributed by atoms with Crippen LogP contribution in [0.25, 0.3) is 0 Å². The molecule has 0 aliphatic heterocycles. The number of nitrogens with zero attached hydrogens (tertiary/aromatic N) is 1. The summed E-state index contributed by atoms with van der Waals surface area (Å²) in [4.78, 5) is 14.2. The number of amides is 1. The van der Waals surface area contributed by atoms with E-state index in [0.717, 1.165) is 15.6 Å². The number of ether oxygens (including phenoxy) is 2. The van der Waals surface area contributed by atoms with Gasteiger partial charge in [0.25, 0.3) is 5.91 Å². The van der Waals surface area contributed by atoms with E-state index < -0.39 is 0 Å². The number of methoxy groups -OCH3 is 2. The molecule has 0 saturated carbocycles. The zero-order valence-electron chi connectivity index (χ0n) is 13.8. The number of likely N-dealkylation sites (N-methyl/N-ethyl adjacent to an activating group) is 1. The zero-order chi connectivity index (χ0) is 17.7. The van der Waals surface area contributed by atoms with Crippen LogP contribution in [0.2, 0.25) is 5.02 Å². The van der Waals surface area contributed by atoms with Crippen LogP contribution in [0.5, 0.6) is 11.5 Å². The van der Waals surface area contributed by atoms with Crippen molar-refractivity contribution < 1.29 is 14.3 Å². The van der Waals surface area contributed by atoms with Crippen molar-refractivity contribution in [2.24, 2.45) is 0 Å². The maximum atomic E-state index is 12.5. The summed E-state index contributed by atoms with van der Waals surface area (Å²) in [6.07, 6.45) is 0.729. The van der Waals surface area contributed by atoms with Gasteiger partial charge in [-0.15, -0.1) is 0 Å². The molecule has 0 spiro atoms. The van der Waals surface area contributed by atoms with Gasteiger partial charge >= 0.3 is 0 Å². The number of hydrogen-bond acceptors (Lipinski definition) is 3. The molecule has 1 amide bonds.